The van der Waals surface area contributed by atoms with Crippen LogP contribution in [0.2, 0.25) is 0 Å². The van der Waals surface area contributed by atoms with Crippen LogP contribution >= 0.6 is 0 Å². The Kier molecular flexibility index (Phi) is 5.66. The van der Waals surface area contributed by atoms with Gasteiger partial charge in [-0.05, 0) is 30.9 Å². The third-order valence-electron chi connectivity index (χ3n) is 4.82. The molecule has 0 saturated carbocycles. The summed E-state index contributed by atoms with van der Waals surface area (Å²) in [5.74, 6) is 0.450. The van der Waals surface area contributed by atoms with Crippen molar-refractivity contribution in [2.75, 3.05) is 13.2 Å². The van der Waals surface area contributed by atoms with Gasteiger partial charge in [0.2, 0.25) is 0 Å². The van der Waals surface area contributed by atoms with Crippen LogP contribution in [0.5, 0.6) is 0 Å². The summed E-state index contributed by atoms with van der Waals surface area (Å²) >= 11 is 0. The number of hydrogen-bond acceptors (Lipinski definition) is 4. The summed E-state index contributed by atoms with van der Waals surface area (Å²) in [5.41, 5.74) is 3.32. The van der Waals surface area contributed by atoms with Gasteiger partial charge in [0.05, 0.1) is 18.9 Å². The molecule has 1 unspecified atom stereocenters. The Morgan fingerprint density at radius 1 is 1.46 bits per heavy atom. The van der Waals surface area contributed by atoms with Gasteiger partial charge in [-0.2, -0.15) is 5.10 Å². The third kappa shape index (κ3) is 4.04. The molecule has 0 radical (unpaired) electrons. The van der Waals surface area contributed by atoms with E-state index in [1.165, 1.54) is 11.1 Å². The number of aromatic nitrogens is 2. The van der Waals surface area contributed by atoms with Crippen molar-refractivity contribution in [1.29, 1.82) is 0 Å². The molecule has 2 aromatic rings. The third-order valence-corrected chi connectivity index (χ3v) is 4.82. The van der Waals surface area contributed by atoms with E-state index in [0.29, 0.717) is 5.92 Å². The first-order valence-electron chi connectivity index (χ1n) is 8.70. The van der Waals surface area contributed by atoms with E-state index in [2.05, 4.69) is 35.7 Å². The quantitative estimate of drug-likeness (QED) is 0.855. The molecule has 130 valence electrons. The Labute approximate surface area is 143 Å². The van der Waals surface area contributed by atoms with Gasteiger partial charge in [0.25, 0.3) is 0 Å². The summed E-state index contributed by atoms with van der Waals surface area (Å²) in [7, 11) is 1.94. The van der Waals surface area contributed by atoms with Gasteiger partial charge in [0.1, 0.15) is 0 Å². The zero-order valence-electron chi connectivity index (χ0n) is 14.5. The van der Waals surface area contributed by atoms with Crippen molar-refractivity contribution in [3.63, 3.8) is 0 Å². The predicted molar refractivity (Wildman–Crippen MR) is 93.4 cm³/mol. The Morgan fingerprint density at radius 3 is 3.08 bits per heavy atom. The fraction of sp³-hybridized carbons (Fsp3) is 0.526. The zero-order valence-corrected chi connectivity index (χ0v) is 14.5. The van der Waals surface area contributed by atoms with Gasteiger partial charge < -0.3 is 15.2 Å². The maximum absolute atomic E-state index is 9.30. The minimum absolute atomic E-state index is 0.0834. The van der Waals surface area contributed by atoms with E-state index in [9.17, 15) is 5.11 Å². The molecule has 0 aliphatic carbocycles. The Hall–Kier alpha value is -1.69. The summed E-state index contributed by atoms with van der Waals surface area (Å²) in [6, 6.07) is 8.36. The molecule has 2 N–H and O–H groups in total. The predicted octanol–water partition coefficient (Wildman–Crippen LogP) is 2.73. The zero-order chi connectivity index (χ0) is 16.9. The van der Waals surface area contributed by atoms with Gasteiger partial charge in [-0.15, -0.1) is 0 Å². The number of aryl methyl sites for hydroxylation is 1. The van der Waals surface area contributed by atoms with Crippen molar-refractivity contribution in [1.82, 2.24) is 15.1 Å². The topological polar surface area (TPSA) is 59.3 Å². The monoisotopic (exact) mass is 329 g/mol. The van der Waals surface area contributed by atoms with Gasteiger partial charge in [-0.1, -0.05) is 24.3 Å². The van der Waals surface area contributed by atoms with Crippen molar-refractivity contribution < 1.29 is 9.84 Å². The minimum atomic E-state index is 0.0834. The average Bonchev–Trinajstić information content (AvgIpc) is 3.06. The van der Waals surface area contributed by atoms with E-state index in [1.54, 1.807) is 0 Å². The number of hydrogen-bond donors (Lipinski definition) is 2. The lowest BCUT2D eigenvalue weighted by Gasteiger charge is -2.32. The second-order valence-electron chi connectivity index (χ2n) is 6.67. The highest BCUT2D eigenvalue weighted by molar-refractivity contribution is 5.25. The first kappa shape index (κ1) is 17.1. The number of aliphatic hydroxyl groups excluding tert-OH is 1. The van der Waals surface area contributed by atoms with E-state index >= 15 is 0 Å². The van der Waals surface area contributed by atoms with E-state index in [4.69, 9.17) is 4.74 Å². The molecular weight excluding hydrogens is 302 g/mol. The molecule has 5 heteroatoms. The molecule has 1 aromatic heterocycles. The van der Waals surface area contributed by atoms with Crippen LogP contribution in [-0.4, -0.2) is 28.0 Å². The molecule has 3 rings (SSSR count). The van der Waals surface area contributed by atoms with Crippen molar-refractivity contribution in [2.45, 2.75) is 38.5 Å². The number of ether oxygens (including phenoxy) is 1. The minimum Gasteiger partial charge on any atom is -0.392 e. The molecule has 0 amide bonds. The molecule has 2 heterocycles. The lowest BCUT2D eigenvalue weighted by Crippen LogP contribution is -2.33. The summed E-state index contributed by atoms with van der Waals surface area (Å²) in [5, 5.41) is 17.2. The van der Waals surface area contributed by atoms with Gasteiger partial charge >= 0.3 is 0 Å². The maximum Gasteiger partial charge on any atom is 0.0895 e. The fourth-order valence-corrected chi connectivity index (χ4v) is 3.41. The molecule has 24 heavy (non-hydrogen) atoms. The summed E-state index contributed by atoms with van der Waals surface area (Å²) in [6.45, 7) is 3.98. The molecule has 1 saturated heterocycles. The lowest BCUT2D eigenvalue weighted by molar-refractivity contribution is -0.0284. The molecule has 1 aliphatic heterocycles. The number of benzene rings is 1. The van der Waals surface area contributed by atoms with Crippen LogP contribution in [-0.2, 0) is 18.4 Å². The smallest absolute Gasteiger partial charge is 0.0895 e. The van der Waals surface area contributed by atoms with E-state index < -0.39 is 0 Å². The average molecular weight is 329 g/mol. The van der Waals surface area contributed by atoms with Crippen molar-refractivity contribution in [3.05, 3.63) is 53.3 Å². The number of nitrogens with zero attached hydrogens (tertiary/aromatic N) is 2. The van der Waals surface area contributed by atoms with Crippen LogP contribution in [0.4, 0.5) is 0 Å². The van der Waals surface area contributed by atoms with E-state index in [0.717, 1.165) is 31.6 Å². The Bertz CT molecular complexity index is 656. The summed E-state index contributed by atoms with van der Waals surface area (Å²) in [4.78, 5) is 0. The van der Waals surface area contributed by atoms with E-state index in [-0.39, 0.29) is 18.8 Å². The molecule has 1 fully saturated rings. The largest absolute Gasteiger partial charge is 0.392 e. The Morgan fingerprint density at radius 2 is 2.33 bits per heavy atom. The van der Waals surface area contributed by atoms with E-state index in [1.807, 2.05) is 30.1 Å². The van der Waals surface area contributed by atoms with Gasteiger partial charge in [-0.25, -0.2) is 0 Å². The van der Waals surface area contributed by atoms with Gasteiger partial charge in [-0.3, -0.25) is 4.68 Å². The van der Waals surface area contributed by atoms with Gasteiger partial charge in [0, 0.05) is 43.9 Å². The summed E-state index contributed by atoms with van der Waals surface area (Å²) < 4.78 is 7.87. The first-order valence-corrected chi connectivity index (χ1v) is 8.70. The van der Waals surface area contributed by atoms with Crippen LogP contribution < -0.4 is 5.32 Å². The number of nitrogens with one attached hydrogen (secondary N) is 1. The molecule has 1 aliphatic rings. The maximum atomic E-state index is 9.30. The van der Waals surface area contributed by atoms with Crippen LogP contribution in [0.3, 0.4) is 0 Å². The standard InChI is InChI=1S/C19H27N3O2/c1-14(16-6-3-5-15(9-16)13-23)20-10-17-7-4-8-24-19(17)18-11-21-22(2)12-18/h3,5-6,9,11-12,14,17,19-20,23H,4,7-8,10,13H2,1-2H3/t14?,17-,19+/m0/s1. The molecule has 0 bridgehead atoms. The van der Waals surface area contributed by atoms with Gasteiger partial charge in [0.15, 0.2) is 0 Å². The molecule has 5 nitrogen and oxygen atoms in total. The highest BCUT2D eigenvalue weighted by Crippen LogP contribution is 2.33. The molecule has 3 atom stereocenters. The fourth-order valence-electron chi connectivity index (χ4n) is 3.41. The highest BCUT2D eigenvalue weighted by atomic mass is 16.5. The SMILES string of the molecule is CC(NC[C@@H]1CCCO[C@H]1c1cnn(C)c1)c1cccc(CO)c1. The normalized spacial score (nSPS) is 22.5. The van der Waals surface area contributed by atoms with Crippen LogP contribution in [0.15, 0.2) is 36.7 Å². The second-order valence-corrected chi connectivity index (χ2v) is 6.67. The van der Waals surface area contributed by atoms with Crippen molar-refractivity contribution in [3.8, 4) is 0 Å². The Balaban J connectivity index is 1.63. The van der Waals surface area contributed by atoms with Crippen LogP contribution in [0.25, 0.3) is 0 Å². The molecule has 1 aromatic carbocycles. The van der Waals surface area contributed by atoms with Crippen LogP contribution in [0.1, 0.15) is 48.6 Å². The van der Waals surface area contributed by atoms with Crippen molar-refractivity contribution >= 4 is 0 Å². The second kappa shape index (κ2) is 7.92. The highest BCUT2D eigenvalue weighted by Gasteiger charge is 2.28. The molecule has 0 spiro atoms. The lowest BCUT2D eigenvalue weighted by atomic mass is 9.90. The number of rotatable bonds is 6. The molecular formula is C19H27N3O2. The van der Waals surface area contributed by atoms with Crippen LogP contribution in [0, 0.1) is 5.92 Å². The number of aliphatic hydroxyl groups is 1. The summed E-state index contributed by atoms with van der Waals surface area (Å²) in [6.07, 6.45) is 6.36. The van der Waals surface area contributed by atoms with Crippen molar-refractivity contribution in [2.24, 2.45) is 13.0 Å². The first-order chi connectivity index (χ1) is 11.7.